The molecule has 1 N–H and O–H groups in total. The Morgan fingerprint density at radius 2 is 1.76 bits per heavy atom. The fourth-order valence-corrected chi connectivity index (χ4v) is 1.47. The smallest absolute Gasteiger partial charge is 0.412 e. The van der Waals surface area contributed by atoms with E-state index in [0.29, 0.717) is 5.69 Å². The van der Waals surface area contributed by atoms with Crippen molar-refractivity contribution in [3.63, 3.8) is 0 Å². The van der Waals surface area contributed by atoms with Crippen molar-refractivity contribution in [1.29, 1.82) is 0 Å². The molecule has 0 saturated heterocycles. The van der Waals surface area contributed by atoms with Crippen LogP contribution in [0.1, 0.15) is 20.8 Å². The van der Waals surface area contributed by atoms with Gasteiger partial charge in [-0.3, -0.25) is 10.1 Å². The number of anilines is 1. The van der Waals surface area contributed by atoms with E-state index in [1.165, 1.54) is 6.92 Å². The van der Waals surface area contributed by atoms with Gasteiger partial charge in [0.05, 0.1) is 0 Å². The maximum absolute atomic E-state index is 11.5. The van der Waals surface area contributed by atoms with Crippen molar-refractivity contribution < 1.29 is 14.3 Å². The molecule has 1 aromatic rings. The van der Waals surface area contributed by atoms with Crippen molar-refractivity contribution in [1.82, 2.24) is 0 Å². The van der Waals surface area contributed by atoms with Crippen LogP contribution in [0.2, 0.25) is 0 Å². The van der Waals surface area contributed by atoms with Gasteiger partial charge in [0.25, 0.3) is 0 Å². The predicted octanol–water partition coefficient (Wildman–Crippen LogP) is 2.85. The number of ketones is 1. The summed E-state index contributed by atoms with van der Waals surface area (Å²) in [5, 5.41) is 2.57. The Balaban J connectivity index is 2.57. The largest absolute Gasteiger partial charge is 0.438 e. The number of carbonyl (C=O) groups excluding carboxylic acids is 2. The zero-order valence-electron chi connectivity index (χ0n) is 10.3. The molecule has 1 atom stereocenters. The number of rotatable bonds is 4. The van der Waals surface area contributed by atoms with Gasteiger partial charge in [-0.05, 0) is 25.0 Å². The molecule has 1 amide bonds. The van der Waals surface area contributed by atoms with Crippen LogP contribution >= 0.6 is 0 Å². The van der Waals surface area contributed by atoms with Crippen molar-refractivity contribution in [3.05, 3.63) is 30.3 Å². The minimum Gasteiger partial charge on any atom is -0.438 e. The number of amides is 1. The average Bonchev–Trinajstić information content (AvgIpc) is 2.26. The molecular formula is C13H17NO3. The van der Waals surface area contributed by atoms with Crippen LogP contribution in [0.15, 0.2) is 30.3 Å². The van der Waals surface area contributed by atoms with Gasteiger partial charge < -0.3 is 4.74 Å². The lowest BCUT2D eigenvalue weighted by Crippen LogP contribution is -2.32. The summed E-state index contributed by atoms with van der Waals surface area (Å²) in [6.07, 6.45) is -1.30. The maximum atomic E-state index is 11.5. The van der Waals surface area contributed by atoms with Crippen LogP contribution in [-0.2, 0) is 9.53 Å². The normalized spacial score (nSPS) is 12.0. The van der Waals surface area contributed by atoms with Gasteiger partial charge in [0.1, 0.15) is 0 Å². The van der Waals surface area contributed by atoms with Gasteiger partial charge in [-0.25, -0.2) is 4.79 Å². The molecule has 0 aliphatic heterocycles. The van der Waals surface area contributed by atoms with Crippen molar-refractivity contribution in [2.75, 3.05) is 5.32 Å². The van der Waals surface area contributed by atoms with Crippen LogP contribution in [0.5, 0.6) is 0 Å². The molecule has 0 bridgehead atoms. The van der Waals surface area contributed by atoms with E-state index in [2.05, 4.69) is 5.32 Å². The zero-order chi connectivity index (χ0) is 12.8. The molecule has 0 fully saturated rings. The summed E-state index contributed by atoms with van der Waals surface area (Å²) in [5.41, 5.74) is 0.642. The van der Waals surface area contributed by atoms with E-state index in [-0.39, 0.29) is 11.7 Å². The Labute approximate surface area is 101 Å². The molecule has 1 rings (SSSR count). The summed E-state index contributed by atoms with van der Waals surface area (Å²) in [7, 11) is 0. The monoisotopic (exact) mass is 235 g/mol. The topological polar surface area (TPSA) is 55.4 Å². The van der Waals surface area contributed by atoms with Crippen molar-refractivity contribution >= 4 is 17.6 Å². The highest BCUT2D eigenvalue weighted by molar-refractivity contribution is 5.88. The van der Waals surface area contributed by atoms with Gasteiger partial charge in [0.15, 0.2) is 11.9 Å². The second-order valence-corrected chi connectivity index (χ2v) is 4.17. The van der Waals surface area contributed by atoms with E-state index in [9.17, 15) is 9.59 Å². The summed E-state index contributed by atoms with van der Waals surface area (Å²) < 4.78 is 5.08. The van der Waals surface area contributed by atoms with Crippen molar-refractivity contribution in [2.24, 2.45) is 5.92 Å². The first-order valence-corrected chi connectivity index (χ1v) is 5.54. The Morgan fingerprint density at radius 3 is 2.24 bits per heavy atom. The number of para-hydroxylation sites is 1. The van der Waals surface area contributed by atoms with E-state index in [4.69, 9.17) is 4.74 Å². The molecule has 0 aromatic heterocycles. The first kappa shape index (κ1) is 13.2. The Morgan fingerprint density at radius 1 is 1.18 bits per heavy atom. The lowest BCUT2D eigenvalue weighted by molar-refractivity contribution is -0.126. The van der Waals surface area contributed by atoms with Gasteiger partial charge in [-0.2, -0.15) is 0 Å². The molecule has 0 unspecified atom stereocenters. The van der Waals surface area contributed by atoms with Crippen LogP contribution in [-0.4, -0.2) is 18.0 Å². The number of ether oxygens (including phenoxy) is 1. The average molecular weight is 235 g/mol. The van der Waals surface area contributed by atoms with Gasteiger partial charge >= 0.3 is 6.09 Å². The minimum absolute atomic E-state index is 0.0333. The number of benzene rings is 1. The standard InChI is InChI=1S/C13H17NO3/c1-9(2)12(10(3)15)17-13(16)14-11-7-5-4-6-8-11/h4-9,12H,1-3H3,(H,14,16)/t12-/m0/s1. The quantitative estimate of drug-likeness (QED) is 0.873. The molecule has 1 aromatic carbocycles. The van der Waals surface area contributed by atoms with E-state index >= 15 is 0 Å². The van der Waals surface area contributed by atoms with Crippen LogP contribution < -0.4 is 5.32 Å². The highest BCUT2D eigenvalue weighted by atomic mass is 16.6. The first-order valence-electron chi connectivity index (χ1n) is 5.54. The van der Waals surface area contributed by atoms with Crippen molar-refractivity contribution in [3.8, 4) is 0 Å². The van der Waals surface area contributed by atoms with Gasteiger partial charge in [-0.15, -0.1) is 0 Å². The number of hydrogen-bond donors (Lipinski definition) is 1. The predicted molar refractivity (Wildman–Crippen MR) is 65.9 cm³/mol. The summed E-state index contributed by atoms with van der Waals surface area (Å²) in [6.45, 7) is 5.09. The third kappa shape index (κ3) is 4.26. The minimum atomic E-state index is -0.696. The fraction of sp³-hybridized carbons (Fsp3) is 0.385. The van der Waals surface area contributed by atoms with Crippen LogP contribution in [0.4, 0.5) is 10.5 Å². The molecule has 0 spiro atoms. The van der Waals surface area contributed by atoms with Gasteiger partial charge in [0.2, 0.25) is 0 Å². The maximum Gasteiger partial charge on any atom is 0.412 e. The van der Waals surface area contributed by atoms with Crippen molar-refractivity contribution in [2.45, 2.75) is 26.9 Å². The highest BCUT2D eigenvalue weighted by Crippen LogP contribution is 2.11. The summed E-state index contributed by atoms with van der Waals surface area (Å²) in [6, 6.07) is 8.96. The molecule has 0 radical (unpaired) electrons. The highest BCUT2D eigenvalue weighted by Gasteiger charge is 2.22. The van der Waals surface area contributed by atoms with Crippen LogP contribution in [0.3, 0.4) is 0 Å². The van der Waals surface area contributed by atoms with E-state index in [0.717, 1.165) is 0 Å². The number of Topliss-reactive ketones (excluding diaryl/α,β-unsaturated/α-hetero) is 1. The third-order valence-corrected chi connectivity index (χ3v) is 2.26. The first-order chi connectivity index (χ1) is 8.00. The van der Waals surface area contributed by atoms with Crippen LogP contribution in [0.25, 0.3) is 0 Å². The molecule has 4 heteroatoms. The third-order valence-electron chi connectivity index (χ3n) is 2.26. The molecular weight excluding hydrogens is 218 g/mol. The Hall–Kier alpha value is -1.84. The molecule has 0 aliphatic rings. The SMILES string of the molecule is CC(=O)[C@@H](OC(=O)Nc1ccccc1)C(C)C. The lowest BCUT2D eigenvalue weighted by Gasteiger charge is -2.18. The van der Waals surface area contributed by atoms with E-state index in [1.54, 1.807) is 24.3 Å². The Bertz CT molecular complexity index is 387. The molecule has 92 valence electrons. The number of nitrogens with one attached hydrogen (secondary N) is 1. The molecule has 4 nitrogen and oxygen atoms in total. The number of carbonyl (C=O) groups is 2. The molecule has 0 aliphatic carbocycles. The summed E-state index contributed by atoms with van der Waals surface area (Å²) in [4.78, 5) is 22.8. The van der Waals surface area contributed by atoms with Crippen LogP contribution in [0, 0.1) is 5.92 Å². The van der Waals surface area contributed by atoms with E-state index < -0.39 is 12.2 Å². The fourth-order valence-electron chi connectivity index (χ4n) is 1.47. The lowest BCUT2D eigenvalue weighted by atomic mass is 10.0. The second kappa shape index (κ2) is 6.03. The number of hydrogen-bond acceptors (Lipinski definition) is 3. The Kier molecular flexibility index (Phi) is 4.69. The molecule has 17 heavy (non-hydrogen) atoms. The van der Waals surface area contributed by atoms with Gasteiger partial charge in [0, 0.05) is 5.69 Å². The second-order valence-electron chi connectivity index (χ2n) is 4.17. The molecule has 0 heterocycles. The zero-order valence-corrected chi connectivity index (χ0v) is 10.3. The van der Waals surface area contributed by atoms with E-state index in [1.807, 2.05) is 19.9 Å². The summed E-state index contributed by atoms with van der Waals surface area (Å²) >= 11 is 0. The van der Waals surface area contributed by atoms with Gasteiger partial charge in [-0.1, -0.05) is 32.0 Å². The molecule has 0 saturated carbocycles. The summed E-state index contributed by atoms with van der Waals surface area (Å²) in [5.74, 6) is -0.183.